The van der Waals surface area contributed by atoms with E-state index in [1.807, 2.05) is 18.2 Å². The van der Waals surface area contributed by atoms with Crippen LogP contribution in [0.15, 0.2) is 48.5 Å². The molecule has 0 spiro atoms. The zero-order valence-corrected chi connectivity index (χ0v) is 15.2. The van der Waals surface area contributed by atoms with Crippen molar-refractivity contribution in [3.8, 4) is 11.5 Å². The van der Waals surface area contributed by atoms with Gasteiger partial charge in [-0.25, -0.2) is 0 Å². The minimum atomic E-state index is -1.75. The van der Waals surface area contributed by atoms with Crippen molar-refractivity contribution in [3.05, 3.63) is 53.6 Å². The fourth-order valence-electron chi connectivity index (χ4n) is 1.88. The highest BCUT2D eigenvalue weighted by Crippen LogP contribution is 2.29. The number of carbonyl (C=O) groups excluding carboxylic acids is 1. The zero-order valence-electron chi connectivity index (χ0n) is 13.4. The van der Waals surface area contributed by atoms with Crippen molar-refractivity contribution in [3.63, 3.8) is 0 Å². The molecule has 0 unspecified atom stereocenters. The second-order valence-electron chi connectivity index (χ2n) is 5.98. The summed E-state index contributed by atoms with van der Waals surface area (Å²) in [6.07, 6.45) is 0. The van der Waals surface area contributed by atoms with Gasteiger partial charge in [0, 0.05) is 0 Å². The van der Waals surface area contributed by atoms with Crippen LogP contribution in [0, 0.1) is 0 Å². The van der Waals surface area contributed by atoms with Crippen LogP contribution in [0.25, 0.3) is 0 Å². The predicted octanol–water partition coefficient (Wildman–Crippen LogP) is 4.57. The Labute approximate surface area is 142 Å². The van der Waals surface area contributed by atoms with Gasteiger partial charge in [-0.05, 0) is 43.9 Å². The molecule has 0 fully saturated rings. The normalized spacial score (nSPS) is 11.0. The first kappa shape index (κ1) is 17.4. The smallest absolute Gasteiger partial charge is 0.262 e. The molecule has 0 aliphatic carbocycles. The summed E-state index contributed by atoms with van der Waals surface area (Å²) in [7, 11) is -1.75. The monoisotopic (exact) mass is 349 g/mol. The maximum atomic E-state index is 12.0. The molecule has 2 aromatic carbocycles. The first-order chi connectivity index (χ1) is 10.8. The molecule has 0 radical (unpaired) electrons. The van der Waals surface area contributed by atoms with Crippen molar-refractivity contribution in [2.45, 2.75) is 19.6 Å². The van der Waals surface area contributed by atoms with Crippen LogP contribution < -0.4 is 14.5 Å². The lowest BCUT2D eigenvalue weighted by Crippen LogP contribution is -2.29. The molecule has 6 heteroatoms. The Morgan fingerprint density at radius 1 is 1.04 bits per heavy atom. The Bertz CT molecular complexity index is 686. The maximum absolute atomic E-state index is 12.0. The Hall–Kier alpha value is -1.98. The van der Waals surface area contributed by atoms with Crippen molar-refractivity contribution in [2.24, 2.45) is 0 Å². The highest BCUT2D eigenvalue weighted by atomic mass is 35.5. The third-order valence-electron chi connectivity index (χ3n) is 2.77. The Morgan fingerprint density at radius 3 is 2.30 bits per heavy atom. The summed E-state index contributed by atoms with van der Waals surface area (Å²) >= 11 is 6.01. The number of amides is 1. The van der Waals surface area contributed by atoms with Gasteiger partial charge >= 0.3 is 0 Å². The van der Waals surface area contributed by atoms with Gasteiger partial charge in [0.1, 0.15) is 5.75 Å². The van der Waals surface area contributed by atoms with Crippen molar-refractivity contribution in [1.29, 1.82) is 0 Å². The third-order valence-corrected chi connectivity index (χ3v) is 3.93. The fraction of sp³-hybridized carbons (Fsp3) is 0.235. The number of halogens is 1. The molecule has 0 heterocycles. The second-order valence-corrected chi connectivity index (χ2v) is 10.8. The summed E-state index contributed by atoms with van der Waals surface area (Å²) in [6.45, 7) is 6.16. The number of benzene rings is 2. The number of ether oxygens (including phenoxy) is 1. The van der Waals surface area contributed by atoms with E-state index < -0.39 is 8.32 Å². The summed E-state index contributed by atoms with van der Waals surface area (Å²) in [5.74, 6) is 0.947. The van der Waals surface area contributed by atoms with Crippen LogP contribution in [0.3, 0.4) is 0 Å². The van der Waals surface area contributed by atoms with Gasteiger partial charge in [0.25, 0.3) is 5.91 Å². The van der Waals surface area contributed by atoms with Gasteiger partial charge in [0.2, 0.25) is 8.32 Å². The van der Waals surface area contributed by atoms with E-state index in [2.05, 4.69) is 25.0 Å². The largest absolute Gasteiger partial charge is 0.542 e. The van der Waals surface area contributed by atoms with Crippen LogP contribution in [0.1, 0.15) is 0 Å². The Balaban J connectivity index is 1.98. The number of nitrogens with one attached hydrogen (secondary N) is 1. The van der Waals surface area contributed by atoms with E-state index in [9.17, 15) is 4.79 Å². The standard InChI is InChI=1S/C17H20ClNO3Si/c1-23(2,3)22-16-11-7-6-10-15(16)21-12-17(20)19-14-9-5-4-8-13(14)18/h4-11H,12H2,1-3H3,(H,19,20). The van der Waals surface area contributed by atoms with Gasteiger partial charge in [0.15, 0.2) is 12.4 Å². The number of anilines is 1. The first-order valence-electron chi connectivity index (χ1n) is 7.30. The molecule has 23 heavy (non-hydrogen) atoms. The van der Waals surface area contributed by atoms with Crippen LogP contribution in [0.4, 0.5) is 5.69 Å². The molecule has 0 atom stereocenters. The molecule has 2 aromatic rings. The van der Waals surface area contributed by atoms with Crippen LogP contribution in [0.2, 0.25) is 24.7 Å². The minimum absolute atomic E-state index is 0.114. The molecule has 0 saturated heterocycles. The third kappa shape index (κ3) is 5.62. The van der Waals surface area contributed by atoms with Crippen molar-refractivity contribution >= 4 is 31.5 Å². The lowest BCUT2D eigenvalue weighted by atomic mass is 10.3. The molecule has 122 valence electrons. The number of para-hydroxylation sites is 3. The number of carbonyl (C=O) groups is 1. The molecule has 1 amide bonds. The lowest BCUT2D eigenvalue weighted by molar-refractivity contribution is -0.118. The summed E-state index contributed by atoms with van der Waals surface area (Å²) in [5.41, 5.74) is 0.564. The van der Waals surface area contributed by atoms with E-state index in [1.165, 1.54) is 0 Å². The molecule has 1 N–H and O–H groups in total. The molecular formula is C17H20ClNO3Si. The summed E-state index contributed by atoms with van der Waals surface area (Å²) in [5, 5.41) is 3.21. The van der Waals surface area contributed by atoms with E-state index in [-0.39, 0.29) is 12.5 Å². The van der Waals surface area contributed by atoms with E-state index in [0.29, 0.717) is 22.2 Å². The average molecular weight is 350 g/mol. The predicted molar refractivity (Wildman–Crippen MR) is 96.0 cm³/mol. The van der Waals surface area contributed by atoms with Crippen LogP contribution in [-0.4, -0.2) is 20.8 Å². The maximum Gasteiger partial charge on any atom is 0.262 e. The van der Waals surface area contributed by atoms with E-state index in [0.717, 1.165) is 0 Å². The molecule has 2 rings (SSSR count). The fourth-order valence-corrected chi connectivity index (χ4v) is 2.89. The molecule has 0 bridgehead atoms. The van der Waals surface area contributed by atoms with E-state index in [4.69, 9.17) is 20.8 Å². The Morgan fingerprint density at radius 2 is 1.65 bits per heavy atom. The topological polar surface area (TPSA) is 47.6 Å². The number of hydrogen-bond acceptors (Lipinski definition) is 3. The average Bonchev–Trinajstić information content (AvgIpc) is 2.47. The second kappa shape index (κ2) is 7.52. The number of rotatable bonds is 6. The van der Waals surface area contributed by atoms with Crippen LogP contribution in [-0.2, 0) is 4.79 Å². The zero-order chi connectivity index (χ0) is 16.9. The molecule has 0 aliphatic rings. The van der Waals surface area contributed by atoms with E-state index >= 15 is 0 Å². The summed E-state index contributed by atoms with van der Waals surface area (Å²) < 4.78 is 11.6. The molecular weight excluding hydrogens is 330 g/mol. The Kier molecular flexibility index (Phi) is 5.68. The van der Waals surface area contributed by atoms with Crippen LogP contribution in [0.5, 0.6) is 11.5 Å². The lowest BCUT2D eigenvalue weighted by Gasteiger charge is -2.21. The highest BCUT2D eigenvalue weighted by Gasteiger charge is 2.19. The van der Waals surface area contributed by atoms with Gasteiger partial charge in [-0.2, -0.15) is 0 Å². The summed E-state index contributed by atoms with van der Waals surface area (Å²) in [6, 6.07) is 14.4. The van der Waals surface area contributed by atoms with Crippen LogP contribution >= 0.6 is 11.6 Å². The van der Waals surface area contributed by atoms with Gasteiger partial charge in [-0.15, -0.1) is 0 Å². The first-order valence-corrected chi connectivity index (χ1v) is 11.1. The highest BCUT2D eigenvalue weighted by molar-refractivity contribution is 6.70. The minimum Gasteiger partial charge on any atom is -0.542 e. The van der Waals surface area contributed by atoms with Gasteiger partial charge < -0.3 is 14.5 Å². The molecule has 4 nitrogen and oxygen atoms in total. The van der Waals surface area contributed by atoms with Crippen molar-refractivity contribution < 1.29 is 14.0 Å². The van der Waals surface area contributed by atoms with Gasteiger partial charge in [-0.3, -0.25) is 4.79 Å². The van der Waals surface area contributed by atoms with Crippen molar-refractivity contribution in [2.75, 3.05) is 11.9 Å². The van der Waals surface area contributed by atoms with Gasteiger partial charge in [-0.1, -0.05) is 35.9 Å². The quantitative estimate of drug-likeness (QED) is 0.777. The number of hydrogen-bond donors (Lipinski definition) is 1. The van der Waals surface area contributed by atoms with E-state index in [1.54, 1.807) is 30.3 Å². The summed E-state index contributed by atoms with van der Waals surface area (Å²) in [4.78, 5) is 12.0. The molecule has 0 aromatic heterocycles. The van der Waals surface area contributed by atoms with Gasteiger partial charge in [0.05, 0.1) is 10.7 Å². The molecule has 0 aliphatic heterocycles. The SMILES string of the molecule is C[Si](C)(C)Oc1ccccc1OCC(=O)Nc1ccccc1Cl. The molecule has 0 saturated carbocycles. The van der Waals surface area contributed by atoms with Crippen molar-refractivity contribution in [1.82, 2.24) is 0 Å².